The smallest absolute Gasteiger partial charge is 0.185 e. The van der Waals surface area contributed by atoms with E-state index in [2.05, 4.69) is 4.90 Å². The second kappa shape index (κ2) is 7.79. The average molecular weight is 323 g/mol. The number of ketones is 1. The Hall–Kier alpha value is -2.59. The molecule has 3 rings (SSSR count). The molecule has 0 N–H and O–H groups in total. The fourth-order valence-electron chi connectivity index (χ4n) is 2.74. The lowest BCUT2D eigenvalue weighted by Gasteiger charge is -2.29. The van der Waals surface area contributed by atoms with Crippen molar-refractivity contribution in [2.24, 2.45) is 0 Å². The van der Waals surface area contributed by atoms with E-state index in [1.807, 2.05) is 48.5 Å². The molecule has 0 bridgehead atoms. The first kappa shape index (κ1) is 16.3. The molecule has 2 aromatic carbocycles. The summed E-state index contributed by atoms with van der Waals surface area (Å²) in [5.41, 5.74) is 2.64. The van der Waals surface area contributed by atoms with Gasteiger partial charge in [0.1, 0.15) is 5.75 Å². The van der Waals surface area contributed by atoms with Crippen LogP contribution in [0, 0.1) is 0 Å². The second-order valence-electron chi connectivity index (χ2n) is 5.59. The zero-order chi connectivity index (χ0) is 16.8. The molecule has 0 aliphatic carbocycles. The summed E-state index contributed by atoms with van der Waals surface area (Å²) < 4.78 is 10.7. The summed E-state index contributed by atoms with van der Waals surface area (Å²) in [4.78, 5) is 14.7. The molecule has 0 atom stereocenters. The van der Waals surface area contributed by atoms with E-state index in [1.54, 1.807) is 19.3 Å². The molecule has 1 heterocycles. The Morgan fingerprint density at radius 1 is 1.12 bits per heavy atom. The number of morpholine rings is 1. The number of ether oxygens (including phenoxy) is 2. The van der Waals surface area contributed by atoms with E-state index < -0.39 is 0 Å². The molecule has 1 aliphatic heterocycles. The third-order valence-corrected chi connectivity index (χ3v) is 4.06. The zero-order valence-corrected chi connectivity index (χ0v) is 13.8. The van der Waals surface area contributed by atoms with Gasteiger partial charge in [0.25, 0.3) is 0 Å². The largest absolute Gasteiger partial charge is 0.496 e. The normalized spacial score (nSPS) is 14.8. The van der Waals surface area contributed by atoms with Crippen LogP contribution in [0.2, 0.25) is 0 Å². The fourth-order valence-corrected chi connectivity index (χ4v) is 2.74. The van der Waals surface area contributed by atoms with Crippen LogP contribution in [0.25, 0.3) is 6.08 Å². The van der Waals surface area contributed by atoms with Crippen LogP contribution < -0.4 is 9.64 Å². The van der Waals surface area contributed by atoms with Crippen LogP contribution in [0.5, 0.6) is 5.75 Å². The lowest BCUT2D eigenvalue weighted by atomic mass is 10.1. The number of hydrogen-bond acceptors (Lipinski definition) is 4. The first-order valence-electron chi connectivity index (χ1n) is 8.06. The molecule has 24 heavy (non-hydrogen) atoms. The number of methoxy groups -OCH3 is 1. The van der Waals surface area contributed by atoms with Gasteiger partial charge in [-0.15, -0.1) is 0 Å². The minimum absolute atomic E-state index is 0.0176. The molecule has 0 saturated carbocycles. The van der Waals surface area contributed by atoms with Gasteiger partial charge in [0.2, 0.25) is 0 Å². The van der Waals surface area contributed by atoms with Gasteiger partial charge in [-0.25, -0.2) is 0 Å². The topological polar surface area (TPSA) is 38.8 Å². The van der Waals surface area contributed by atoms with E-state index in [0.29, 0.717) is 5.56 Å². The van der Waals surface area contributed by atoms with E-state index in [0.717, 1.165) is 43.3 Å². The van der Waals surface area contributed by atoms with Crippen LogP contribution in [0.1, 0.15) is 15.9 Å². The molecule has 0 radical (unpaired) electrons. The molecule has 4 nitrogen and oxygen atoms in total. The van der Waals surface area contributed by atoms with Gasteiger partial charge in [0.05, 0.1) is 20.3 Å². The molecular weight excluding hydrogens is 302 g/mol. The Morgan fingerprint density at radius 2 is 1.92 bits per heavy atom. The van der Waals surface area contributed by atoms with Crippen molar-refractivity contribution in [1.82, 2.24) is 0 Å². The van der Waals surface area contributed by atoms with Crippen molar-refractivity contribution in [1.29, 1.82) is 0 Å². The summed E-state index contributed by atoms with van der Waals surface area (Å²) in [5, 5.41) is 0. The van der Waals surface area contributed by atoms with Crippen LogP contribution >= 0.6 is 0 Å². The van der Waals surface area contributed by atoms with E-state index in [-0.39, 0.29) is 5.78 Å². The van der Waals surface area contributed by atoms with Gasteiger partial charge < -0.3 is 14.4 Å². The Balaban J connectivity index is 1.76. The maximum Gasteiger partial charge on any atom is 0.185 e. The molecule has 1 saturated heterocycles. The number of carbonyl (C=O) groups excluding carboxylic acids is 1. The highest BCUT2D eigenvalue weighted by atomic mass is 16.5. The molecule has 0 unspecified atom stereocenters. The number of benzene rings is 2. The highest BCUT2D eigenvalue weighted by molar-refractivity contribution is 6.07. The van der Waals surface area contributed by atoms with Gasteiger partial charge in [-0.1, -0.05) is 30.3 Å². The molecule has 1 aliphatic rings. The number of nitrogens with zero attached hydrogens (tertiary/aromatic N) is 1. The quantitative estimate of drug-likeness (QED) is 0.624. The van der Waals surface area contributed by atoms with Gasteiger partial charge >= 0.3 is 0 Å². The van der Waals surface area contributed by atoms with E-state index >= 15 is 0 Å². The van der Waals surface area contributed by atoms with Crippen LogP contribution in [0.3, 0.4) is 0 Å². The predicted octanol–water partition coefficient (Wildman–Crippen LogP) is 3.43. The number of allylic oxidation sites excluding steroid dienone is 1. The molecule has 4 heteroatoms. The molecule has 0 aromatic heterocycles. The van der Waals surface area contributed by atoms with Crippen molar-refractivity contribution < 1.29 is 14.3 Å². The van der Waals surface area contributed by atoms with Gasteiger partial charge in [-0.2, -0.15) is 0 Å². The SMILES string of the molecule is COc1ccccc1/C=C/C(=O)c1cccc(N2CCOCC2)c1. The first-order valence-corrected chi connectivity index (χ1v) is 8.06. The second-order valence-corrected chi connectivity index (χ2v) is 5.59. The monoisotopic (exact) mass is 323 g/mol. The van der Waals surface area contributed by atoms with Crippen LogP contribution in [0.4, 0.5) is 5.69 Å². The summed E-state index contributed by atoms with van der Waals surface area (Å²) in [6, 6.07) is 15.4. The molecule has 0 spiro atoms. The molecule has 124 valence electrons. The number of carbonyl (C=O) groups is 1. The third-order valence-electron chi connectivity index (χ3n) is 4.06. The average Bonchev–Trinajstić information content (AvgIpc) is 2.67. The Labute approximate surface area is 142 Å². The minimum Gasteiger partial charge on any atom is -0.496 e. The molecule has 0 amide bonds. The summed E-state index contributed by atoms with van der Waals surface area (Å²) in [6.45, 7) is 3.17. The Morgan fingerprint density at radius 3 is 2.71 bits per heavy atom. The summed E-state index contributed by atoms with van der Waals surface area (Å²) in [6.07, 6.45) is 3.39. The van der Waals surface area contributed by atoms with Crippen molar-refractivity contribution in [3.63, 3.8) is 0 Å². The predicted molar refractivity (Wildman–Crippen MR) is 95.8 cm³/mol. The maximum atomic E-state index is 12.5. The van der Waals surface area contributed by atoms with Gasteiger partial charge in [0.15, 0.2) is 5.78 Å². The van der Waals surface area contributed by atoms with Crippen molar-refractivity contribution in [3.8, 4) is 5.75 Å². The van der Waals surface area contributed by atoms with Crippen LogP contribution in [0.15, 0.2) is 54.6 Å². The Kier molecular flexibility index (Phi) is 5.29. The van der Waals surface area contributed by atoms with E-state index in [9.17, 15) is 4.79 Å². The molecular formula is C20H21NO3. The first-order chi connectivity index (χ1) is 11.8. The van der Waals surface area contributed by atoms with E-state index in [4.69, 9.17) is 9.47 Å². The highest BCUT2D eigenvalue weighted by Gasteiger charge is 2.12. The number of hydrogen-bond donors (Lipinski definition) is 0. The number of para-hydroxylation sites is 1. The van der Waals surface area contributed by atoms with Crippen molar-refractivity contribution in [2.45, 2.75) is 0 Å². The van der Waals surface area contributed by atoms with Gasteiger partial charge in [-0.3, -0.25) is 4.79 Å². The zero-order valence-electron chi connectivity index (χ0n) is 13.8. The van der Waals surface area contributed by atoms with Crippen LogP contribution in [-0.4, -0.2) is 39.2 Å². The van der Waals surface area contributed by atoms with Crippen molar-refractivity contribution >= 4 is 17.5 Å². The third kappa shape index (κ3) is 3.84. The lowest BCUT2D eigenvalue weighted by molar-refractivity contribution is 0.104. The standard InChI is InChI=1S/C20H21NO3/c1-23-20-8-3-2-5-16(20)9-10-19(22)17-6-4-7-18(15-17)21-11-13-24-14-12-21/h2-10,15H,11-14H2,1H3/b10-9+. The van der Waals surface area contributed by atoms with Crippen molar-refractivity contribution in [2.75, 3.05) is 38.3 Å². The van der Waals surface area contributed by atoms with E-state index in [1.165, 1.54) is 0 Å². The van der Waals surface area contributed by atoms with Gasteiger partial charge in [0, 0.05) is 29.9 Å². The lowest BCUT2D eigenvalue weighted by Crippen LogP contribution is -2.36. The number of rotatable bonds is 5. The minimum atomic E-state index is -0.0176. The molecule has 2 aromatic rings. The maximum absolute atomic E-state index is 12.5. The number of anilines is 1. The Bertz CT molecular complexity index is 733. The van der Waals surface area contributed by atoms with Crippen molar-refractivity contribution in [3.05, 3.63) is 65.7 Å². The van der Waals surface area contributed by atoms with Gasteiger partial charge in [-0.05, 0) is 30.4 Å². The molecule has 1 fully saturated rings. The summed E-state index contributed by atoms with van der Waals surface area (Å²) in [7, 11) is 1.63. The van der Waals surface area contributed by atoms with Crippen LogP contribution in [-0.2, 0) is 4.74 Å². The summed E-state index contributed by atoms with van der Waals surface area (Å²) in [5.74, 6) is 0.736. The highest BCUT2D eigenvalue weighted by Crippen LogP contribution is 2.21. The fraction of sp³-hybridized carbons (Fsp3) is 0.250. The summed E-state index contributed by atoms with van der Waals surface area (Å²) >= 11 is 0.